The van der Waals surface area contributed by atoms with Crippen molar-refractivity contribution < 1.29 is 19.1 Å². The zero-order chi connectivity index (χ0) is 15.3. The van der Waals surface area contributed by atoms with E-state index in [1.54, 1.807) is 0 Å². The monoisotopic (exact) mass is 333 g/mol. The van der Waals surface area contributed by atoms with Gasteiger partial charge in [-0.3, -0.25) is 25.1 Å². The zero-order valence-corrected chi connectivity index (χ0v) is 13.7. The summed E-state index contributed by atoms with van der Waals surface area (Å²) in [6.07, 6.45) is 2.57. The van der Waals surface area contributed by atoms with Gasteiger partial charge in [-0.2, -0.15) is 0 Å². The van der Waals surface area contributed by atoms with Gasteiger partial charge in [-0.15, -0.1) is 12.4 Å². The molecule has 0 unspecified atom stereocenters. The summed E-state index contributed by atoms with van der Waals surface area (Å²) in [5, 5.41) is 4.49. The highest BCUT2D eigenvalue weighted by atomic mass is 35.5. The maximum Gasteiger partial charge on any atom is 0.328 e. The lowest BCUT2D eigenvalue weighted by Crippen LogP contribution is -2.63. The van der Waals surface area contributed by atoms with Crippen molar-refractivity contribution in [2.75, 3.05) is 32.8 Å². The number of imide groups is 2. The number of hydrogen-bond acceptors (Lipinski definition) is 5. The molecule has 0 bridgehead atoms. The molecule has 2 fully saturated rings. The molecule has 8 heteroatoms. The lowest BCUT2D eigenvalue weighted by atomic mass is 9.76. The molecule has 2 aliphatic rings. The minimum Gasteiger partial charge on any atom is -0.379 e. The van der Waals surface area contributed by atoms with Gasteiger partial charge in [-0.1, -0.05) is 19.8 Å². The number of hydrogen-bond donors (Lipinski definition) is 2. The van der Waals surface area contributed by atoms with Gasteiger partial charge in [-0.25, -0.2) is 4.79 Å². The van der Waals surface area contributed by atoms with Crippen LogP contribution in [0.3, 0.4) is 0 Å². The fourth-order valence-corrected chi connectivity index (χ4v) is 2.81. The van der Waals surface area contributed by atoms with Crippen LogP contribution < -0.4 is 10.6 Å². The zero-order valence-electron chi connectivity index (χ0n) is 12.9. The predicted octanol–water partition coefficient (Wildman–Crippen LogP) is 0.673. The molecule has 2 saturated heterocycles. The van der Waals surface area contributed by atoms with Crippen molar-refractivity contribution in [3.05, 3.63) is 0 Å². The third kappa shape index (κ3) is 4.18. The van der Waals surface area contributed by atoms with E-state index in [9.17, 15) is 14.4 Å². The number of amides is 4. The van der Waals surface area contributed by atoms with Crippen molar-refractivity contribution in [3.63, 3.8) is 0 Å². The van der Waals surface area contributed by atoms with E-state index in [1.165, 1.54) is 0 Å². The molecular weight excluding hydrogens is 310 g/mol. The lowest BCUT2D eigenvalue weighted by Gasteiger charge is -2.36. The Morgan fingerprint density at radius 1 is 1.09 bits per heavy atom. The SMILES string of the molecule is CCCCC1(CCN2CCOCC2)C(=O)NC(=O)NC1=O.Cl. The molecule has 2 aliphatic heterocycles. The minimum atomic E-state index is -1.12. The average Bonchev–Trinajstić information content (AvgIpc) is 2.47. The number of barbiturate groups is 1. The van der Waals surface area contributed by atoms with Crippen LogP contribution in [0.25, 0.3) is 0 Å². The Morgan fingerprint density at radius 2 is 1.68 bits per heavy atom. The second kappa shape index (κ2) is 8.45. The fraction of sp³-hybridized carbons (Fsp3) is 0.786. The summed E-state index contributed by atoms with van der Waals surface area (Å²) in [6.45, 7) is 5.65. The highest BCUT2D eigenvalue weighted by Gasteiger charge is 2.49. The molecule has 0 radical (unpaired) electrons. The summed E-state index contributed by atoms with van der Waals surface area (Å²) >= 11 is 0. The van der Waals surface area contributed by atoms with Crippen LogP contribution in [0.1, 0.15) is 32.6 Å². The first-order valence-electron chi connectivity index (χ1n) is 7.55. The average molecular weight is 334 g/mol. The first-order chi connectivity index (χ1) is 10.1. The van der Waals surface area contributed by atoms with E-state index >= 15 is 0 Å². The van der Waals surface area contributed by atoms with Gasteiger partial charge in [0, 0.05) is 13.1 Å². The van der Waals surface area contributed by atoms with Crippen molar-refractivity contribution in [1.29, 1.82) is 0 Å². The van der Waals surface area contributed by atoms with Gasteiger partial charge in [0.1, 0.15) is 5.41 Å². The molecule has 0 aromatic heterocycles. The van der Waals surface area contributed by atoms with Crippen molar-refractivity contribution in [2.45, 2.75) is 32.6 Å². The number of halogens is 1. The quantitative estimate of drug-likeness (QED) is 0.698. The Bertz CT molecular complexity index is 404. The third-order valence-electron chi connectivity index (χ3n) is 4.24. The van der Waals surface area contributed by atoms with Crippen LogP contribution in [0.4, 0.5) is 4.79 Å². The van der Waals surface area contributed by atoms with Gasteiger partial charge >= 0.3 is 6.03 Å². The van der Waals surface area contributed by atoms with E-state index in [-0.39, 0.29) is 12.4 Å². The summed E-state index contributed by atoms with van der Waals surface area (Å²) in [5.74, 6) is -0.920. The molecule has 0 saturated carbocycles. The predicted molar refractivity (Wildman–Crippen MR) is 82.8 cm³/mol. The number of nitrogens with zero attached hydrogens (tertiary/aromatic N) is 1. The van der Waals surface area contributed by atoms with Crippen LogP contribution in [0, 0.1) is 5.41 Å². The lowest BCUT2D eigenvalue weighted by molar-refractivity contribution is -0.146. The van der Waals surface area contributed by atoms with Gasteiger partial charge < -0.3 is 4.74 Å². The van der Waals surface area contributed by atoms with Gasteiger partial charge in [-0.05, 0) is 19.4 Å². The van der Waals surface area contributed by atoms with Crippen molar-refractivity contribution in [3.8, 4) is 0 Å². The highest BCUT2D eigenvalue weighted by Crippen LogP contribution is 2.32. The number of ether oxygens (including phenoxy) is 1. The Kier molecular flexibility index (Phi) is 7.25. The van der Waals surface area contributed by atoms with Gasteiger partial charge in [0.25, 0.3) is 0 Å². The van der Waals surface area contributed by atoms with E-state index in [0.29, 0.717) is 32.6 Å². The summed E-state index contributed by atoms with van der Waals surface area (Å²) in [6, 6.07) is -0.719. The molecule has 0 spiro atoms. The van der Waals surface area contributed by atoms with Crippen molar-refractivity contribution in [1.82, 2.24) is 15.5 Å². The second-order valence-electron chi connectivity index (χ2n) is 5.63. The molecule has 0 aliphatic carbocycles. The Morgan fingerprint density at radius 3 is 2.23 bits per heavy atom. The van der Waals surface area contributed by atoms with Crippen LogP contribution in [-0.2, 0) is 14.3 Å². The third-order valence-corrected chi connectivity index (χ3v) is 4.24. The van der Waals surface area contributed by atoms with Crippen LogP contribution >= 0.6 is 12.4 Å². The van der Waals surface area contributed by atoms with Crippen molar-refractivity contribution in [2.24, 2.45) is 5.41 Å². The topological polar surface area (TPSA) is 87.7 Å². The molecule has 2 rings (SSSR count). The first-order valence-corrected chi connectivity index (χ1v) is 7.55. The number of rotatable bonds is 6. The molecule has 126 valence electrons. The van der Waals surface area contributed by atoms with Gasteiger partial charge in [0.2, 0.25) is 11.8 Å². The van der Waals surface area contributed by atoms with Crippen LogP contribution in [0.15, 0.2) is 0 Å². The Balaban J connectivity index is 0.00000242. The number of carbonyl (C=O) groups is 3. The van der Waals surface area contributed by atoms with E-state index in [2.05, 4.69) is 15.5 Å². The van der Waals surface area contributed by atoms with Crippen molar-refractivity contribution >= 4 is 30.3 Å². The maximum atomic E-state index is 12.3. The molecule has 0 aromatic carbocycles. The normalized spacial score (nSPS) is 21.8. The van der Waals surface area contributed by atoms with E-state index < -0.39 is 23.3 Å². The van der Waals surface area contributed by atoms with E-state index in [4.69, 9.17) is 4.74 Å². The molecule has 22 heavy (non-hydrogen) atoms. The minimum absolute atomic E-state index is 0. The standard InChI is InChI=1S/C14H23N3O4.ClH/c1-2-3-4-14(5-6-17-7-9-21-10-8-17)11(18)15-13(20)16-12(14)19;/h2-10H2,1H3,(H2,15,16,18,19,20);1H. The molecule has 0 aromatic rings. The van der Waals surface area contributed by atoms with Crippen LogP contribution in [0.2, 0.25) is 0 Å². The largest absolute Gasteiger partial charge is 0.379 e. The highest BCUT2D eigenvalue weighted by molar-refractivity contribution is 6.19. The number of nitrogens with one attached hydrogen (secondary N) is 2. The van der Waals surface area contributed by atoms with Gasteiger partial charge in [0.05, 0.1) is 13.2 Å². The molecule has 7 nitrogen and oxygen atoms in total. The molecule has 0 atom stereocenters. The van der Waals surface area contributed by atoms with E-state index in [0.717, 1.165) is 25.9 Å². The van der Waals surface area contributed by atoms with E-state index in [1.807, 2.05) is 6.92 Å². The van der Waals surface area contributed by atoms with Crippen LogP contribution in [0.5, 0.6) is 0 Å². The Hall–Kier alpha value is -1.18. The maximum absolute atomic E-state index is 12.3. The van der Waals surface area contributed by atoms with Gasteiger partial charge in [0.15, 0.2) is 0 Å². The summed E-state index contributed by atoms with van der Waals surface area (Å²) in [5.41, 5.74) is -1.12. The first kappa shape index (κ1) is 18.9. The molecule has 4 amide bonds. The smallest absolute Gasteiger partial charge is 0.328 e. The van der Waals surface area contributed by atoms with Crippen LogP contribution in [-0.4, -0.2) is 55.6 Å². The fourth-order valence-electron chi connectivity index (χ4n) is 2.81. The number of unbranched alkanes of at least 4 members (excludes halogenated alkanes) is 1. The Labute approximate surface area is 136 Å². The molecule has 2 N–H and O–H groups in total. The second-order valence-corrected chi connectivity index (χ2v) is 5.63. The molecule has 2 heterocycles. The summed E-state index contributed by atoms with van der Waals surface area (Å²) in [4.78, 5) is 38.0. The summed E-state index contributed by atoms with van der Waals surface area (Å²) < 4.78 is 5.29. The molecular formula is C14H24ClN3O4. The summed E-state index contributed by atoms with van der Waals surface area (Å²) in [7, 11) is 0. The number of urea groups is 1. The number of morpholine rings is 1. The number of carbonyl (C=O) groups excluding carboxylic acids is 3.